The standard InChI is InChI=1S/C20H23ClN6O3/c1-3-4-5-6-15-23-18-17(19(29)24-20(30)26(18)2)27(15)12-16(28)25-22-11-13-7-9-14(21)10-8-13/h7-11H,3-6,12H2,1-2H3,(H,25,28)(H,24,29,30)/b22-11+. The van der Waals surface area contributed by atoms with Crippen LogP contribution in [0.4, 0.5) is 0 Å². The smallest absolute Gasteiger partial charge is 0.313 e. The van der Waals surface area contributed by atoms with E-state index in [1.54, 1.807) is 28.8 Å². The number of carbonyl (C=O) groups excluding carboxylic acids is 1. The summed E-state index contributed by atoms with van der Waals surface area (Å²) in [6, 6.07) is 6.99. The van der Waals surface area contributed by atoms with E-state index >= 15 is 0 Å². The monoisotopic (exact) mass is 430 g/mol. The molecule has 158 valence electrons. The molecule has 0 aliphatic rings. The number of hydrazone groups is 1. The van der Waals surface area contributed by atoms with E-state index in [4.69, 9.17) is 11.6 Å². The second-order valence-corrected chi connectivity index (χ2v) is 7.34. The Morgan fingerprint density at radius 2 is 2.00 bits per heavy atom. The summed E-state index contributed by atoms with van der Waals surface area (Å²) >= 11 is 5.84. The topological polar surface area (TPSA) is 114 Å². The van der Waals surface area contributed by atoms with Crippen LogP contribution in [0.25, 0.3) is 11.2 Å². The number of aryl methyl sites for hydroxylation is 2. The van der Waals surface area contributed by atoms with E-state index in [0.717, 1.165) is 24.8 Å². The maximum absolute atomic E-state index is 12.5. The molecule has 0 unspecified atom stereocenters. The van der Waals surface area contributed by atoms with E-state index in [-0.39, 0.29) is 17.7 Å². The van der Waals surface area contributed by atoms with Gasteiger partial charge in [0.1, 0.15) is 12.4 Å². The summed E-state index contributed by atoms with van der Waals surface area (Å²) in [4.78, 5) is 43.5. The summed E-state index contributed by atoms with van der Waals surface area (Å²) in [7, 11) is 1.53. The first-order valence-corrected chi connectivity index (χ1v) is 10.0. The molecule has 0 aliphatic heterocycles. The molecule has 0 radical (unpaired) electrons. The zero-order valence-corrected chi connectivity index (χ0v) is 17.6. The summed E-state index contributed by atoms with van der Waals surface area (Å²) in [5, 5.41) is 4.56. The number of amides is 1. The third-order valence-corrected chi connectivity index (χ3v) is 4.92. The average molecular weight is 431 g/mol. The highest BCUT2D eigenvalue weighted by Gasteiger charge is 2.18. The highest BCUT2D eigenvalue weighted by atomic mass is 35.5. The number of fused-ring (bicyclic) bond motifs is 1. The maximum atomic E-state index is 12.5. The minimum atomic E-state index is -0.570. The molecule has 9 nitrogen and oxygen atoms in total. The van der Waals surface area contributed by atoms with E-state index in [1.807, 2.05) is 0 Å². The second kappa shape index (κ2) is 9.53. The summed E-state index contributed by atoms with van der Waals surface area (Å²) in [6.07, 6.45) is 4.98. The highest BCUT2D eigenvalue weighted by Crippen LogP contribution is 2.14. The first-order valence-electron chi connectivity index (χ1n) is 9.66. The quantitative estimate of drug-likeness (QED) is 0.323. The molecular formula is C20H23ClN6O3. The van der Waals surface area contributed by atoms with Crippen LogP contribution in [0.3, 0.4) is 0 Å². The number of imidazole rings is 1. The lowest BCUT2D eigenvalue weighted by Crippen LogP contribution is -2.30. The predicted molar refractivity (Wildman–Crippen MR) is 116 cm³/mol. The number of rotatable bonds is 8. The number of unbranched alkanes of at least 4 members (excludes halogenated alkanes) is 2. The zero-order chi connectivity index (χ0) is 21.7. The van der Waals surface area contributed by atoms with Crippen molar-refractivity contribution in [3.8, 4) is 0 Å². The van der Waals surface area contributed by atoms with E-state index < -0.39 is 17.2 Å². The number of aromatic nitrogens is 4. The lowest BCUT2D eigenvalue weighted by atomic mass is 10.2. The maximum Gasteiger partial charge on any atom is 0.329 e. The van der Waals surface area contributed by atoms with Gasteiger partial charge in [-0.05, 0) is 24.1 Å². The fourth-order valence-electron chi connectivity index (χ4n) is 3.08. The molecule has 0 bridgehead atoms. The SMILES string of the molecule is CCCCCc1nc2c(c(=O)[nH]c(=O)n2C)n1CC(=O)N/N=C/c1ccc(Cl)cc1. The third-order valence-electron chi connectivity index (χ3n) is 4.66. The molecular weight excluding hydrogens is 408 g/mol. The highest BCUT2D eigenvalue weighted by molar-refractivity contribution is 6.30. The lowest BCUT2D eigenvalue weighted by molar-refractivity contribution is -0.121. The Labute approximate surface area is 177 Å². The molecule has 0 aliphatic carbocycles. The fourth-order valence-corrected chi connectivity index (χ4v) is 3.21. The Morgan fingerprint density at radius 3 is 2.70 bits per heavy atom. The number of H-pyrrole nitrogens is 1. The van der Waals surface area contributed by atoms with Gasteiger partial charge >= 0.3 is 5.69 Å². The van der Waals surface area contributed by atoms with Gasteiger partial charge in [-0.25, -0.2) is 15.2 Å². The number of nitrogens with zero attached hydrogens (tertiary/aromatic N) is 4. The van der Waals surface area contributed by atoms with Crippen molar-refractivity contribution in [3.05, 3.63) is 61.5 Å². The van der Waals surface area contributed by atoms with E-state index in [0.29, 0.717) is 17.3 Å². The van der Waals surface area contributed by atoms with Gasteiger partial charge in [-0.2, -0.15) is 5.10 Å². The van der Waals surface area contributed by atoms with Gasteiger partial charge in [0, 0.05) is 18.5 Å². The second-order valence-electron chi connectivity index (χ2n) is 6.91. The largest absolute Gasteiger partial charge is 0.329 e. The van der Waals surface area contributed by atoms with Crippen molar-refractivity contribution in [2.45, 2.75) is 39.2 Å². The van der Waals surface area contributed by atoms with Gasteiger partial charge in [-0.3, -0.25) is 19.1 Å². The van der Waals surface area contributed by atoms with Crippen LogP contribution < -0.4 is 16.7 Å². The summed E-state index contributed by atoms with van der Waals surface area (Å²) < 4.78 is 2.82. The molecule has 0 saturated carbocycles. The molecule has 2 N–H and O–H groups in total. The van der Waals surface area contributed by atoms with Gasteiger partial charge < -0.3 is 4.57 Å². The van der Waals surface area contributed by atoms with Crippen LogP contribution in [-0.4, -0.2) is 31.2 Å². The molecule has 1 amide bonds. The summed E-state index contributed by atoms with van der Waals surface area (Å²) in [6.45, 7) is 1.95. The Kier molecular flexibility index (Phi) is 6.83. The van der Waals surface area contributed by atoms with Crippen molar-refractivity contribution >= 4 is 34.9 Å². The lowest BCUT2D eigenvalue weighted by Gasteiger charge is -2.07. The van der Waals surface area contributed by atoms with Crippen molar-refractivity contribution in [3.63, 3.8) is 0 Å². The van der Waals surface area contributed by atoms with Crippen LogP contribution in [0.2, 0.25) is 5.02 Å². The Bertz CT molecular complexity index is 1190. The summed E-state index contributed by atoms with van der Waals surface area (Å²) in [5.74, 6) is 0.173. The van der Waals surface area contributed by atoms with Gasteiger partial charge in [0.2, 0.25) is 0 Å². The molecule has 0 saturated heterocycles. The number of benzene rings is 1. The number of nitrogens with one attached hydrogen (secondary N) is 2. The normalized spacial score (nSPS) is 11.4. The predicted octanol–water partition coefficient (Wildman–Crippen LogP) is 1.96. The molecule has 0 spiro atoms. The van der Waals surface area contributed by atoms with Gasteiger partial charge in [-0.1, -0.05) is 43.5 Å². The van der Waals surface area contributed by atoms with E-state index in [9.17, 15) is 14.4 Å². The van der Waals surface area contributed by atoms with E-state index in [2.05, 4.69) is 27.4 Å². The number of halogens is 1. The van der Waals surface area contributed by atoms with Crippen LogP contribution in [0.1, 0.15) is 37.6 Å². The third kappa shape index (κ3) is 4.85. The number of hydrogen-bond donors (Lipinski definition) is 2. The van der Waals surface area contributed by atoms with E-state index in [1.165, 1.54) is 17.8 Å². The molecule has 0 atom stereocenters. The van der Waals surface area contributed by atoms with Crippen LogP contribution in [0.15, 0.2) is 39.0 Å². The van der Waals surface area contributed by atoms with Crippen molar-refractivity contribution in [2.75, 3.05) is 0 Å². The van der Waals surface area contributed by atoms with Crippen molar-refractivity contribution in [1.82, 2.24) is 24.5 Å². The van der Waals surface area contributed by atoms with Crippen LogP contribution in [-0.2, 0) is 24.8 Å². The Balaban J connectivity index is 1.85. The van der Waals surface area contributed by atoms with Crippen LogP contribution >= 0.6 is 11.6 Å². The molecule has 2 heterocycles. The molecule has 3 rings (SSSR count). The molecule has 3 aromatic rings. The van der Waals surface area contributed by atoms with Gasteiger partial charge in [0.05, 0.1) is 6.21 Å². The molecule has 1 aromatic carbocycles. The zero-order valence-electron chi connectivity index (χ0n) is 16.8. The number of aromatic amines is 1. The van der Waals surface area contributed by atoms with Gasteiger partial charge in [-0.15, -0.1) is 0 Å². The Hall–Kier alpha value is -3.20. The fraction of sp³-hybridized carbons (Fsp3) is 0.350. The first kappa shape index (κ1) is 21.5. The molecule has 0 fully saturated rings. The molecule has 30 heavy (non-hydrogen) atoms. The van der Waals surface area contributed by atoms with Crippen LogP contribution in [0.5, 0.6) is 0 Å². The van der Waals surface area contributed by atoms with Crippen LogP contribution in [0, 0.1) is 0 Å². The molecule has 2 aromatic heterocycles. The molecule has 10 heteroatoms. The van der Waals surface area contributed by atoms with Crippen molar-refractivity contribution < 1.29 is 4.79 Å². The summed E-state index contributed by atoms with van der Waals surface area (Å²) in [5.41, 5.74) is 2.57. The van der Waals surface area contributed by atoms with Gasteiger partial charge in [0.15, 0.2) is 11.2 Å². The minimum absolute atomic E-state index is 0.142. The van der Waals surface area contributed by atoms with Crippen molar-refractivity contribution in [2.24, 2.45) is 12.1 Å². The minimum Gasteiger partial charge on any atom is -0.313 e. The number of hydrogen-bond acceptors (Lipinski definition) is 5. The number of carbonyl (C=O) groups is 1. The Morgan fingerprint density at radius 1 is 1.27 bits per heavy atom. The van der Waals surface area contributed by atoms with Gasteiger partial charge in [0.25, 0.3) is 11.5 Å². The first-order chi connectivity index (χ1) is 14.4. The average Bonchev–Trinajstić information content (AvgIpc) is 3.07. The van der Waals surface area contributed by atoms with Crippen molar-refractivity contribution in [1.29, 1.82) is 0 Å².